The van der Waals surface area contributed by atoms with E-state index in [1.807, 2.05) is 0 Å². The fourth-order valence-electron chi connectivity index (χ4n) is 4.06. The van der Waals surface area contributed by atoms with E-state index in [4.69, 9.17) is 4.74 Å². The maximum Gasteiger partial charge on any atom is 0.407 e. The van der Waals surface area contributed by atoms with Crippen molar-refractivity contribution in [3.63, 3.8) is 0 Å². The van der Waals surface area contributed by atoms with Crippen LogP contribution in [0.5, 0.6) is 0 Å². The molecule has 0 spiro atoms. The lowest BCUT2D eigenvalue weighted by molar-refractivity contribution is -0.384. The first-order valence-electron chi connectivity index (χ1n) is 9.81. The summed E-state index contributed by atoms with van der Waals surface area (Å²) in [6.45, 7) is 4.57. The van der Waals surface area contributed by atoms with Crippen LogP contribution in [0.3, 0.4) is 0 Å². The minimum atomic E-state index is -4.50. The fraction of sp³-hybridized carbons (Fsp3) is 0.684. The number of anilines is 1. The second-order valence-corrected chi connectivity index (χ2v) is 8.75. The number of piperidine rings is 1. The van der Waals surface area contributed by atoms with Gasteiger partial charge in [-0.15, -0.1) is 0 Å². The van der Waals surface area contributed by atoms with Crippen molar-refractivity contribution in [2.45, 2.75) is 64.3 Å². The molecule has 1 fully saturated rings. The monoisotopic (exact) mass is 430 g/mol. The van der Waals surface area contributed by atoms with Crippen molar-refractivity contribution in [1.29, 1.82) is 0 Å². The van der Waals surface area contributed by atoms with Gasteiger partial charge >= 0.3 is 18.0 Å². The van der Waals surface area contributed by atoms with Gasteiger partial charge in [0.1, 0.15) is 17.5 Å². The highest BCUT2D eigenvalue weighted by Crippen LogP contribution is 2.41. The van der Waals surface area contributed by atoms with E-state index in [0.717, 1.165) is 12.6 Å². The van der Waals surface area contributed by atoms with Crippen molar-refractivity contribution >= 4 is 17.5 Å². The number of alkyl carbamates (subject to hydrolysis) is 1. The van der Waals surface area contributed by atoms with Gasteiger partial charge in [0.25, 0.3) is 0 Å². The van der Waals surface area contributed by atoms with Crippen LogP contribution >= 0.6 is 0 Å². The molecule has 3 rings (SSSR count). The highest BCUT2D eigenvalue weighted by Gasteiger charge is 2.46. The molecule has 166 valence electrons. The SMILES string of the molecule is CC(C)(C)OC(=O)NC1CC(C(F)(F)F)CN(c2c([N+](=O)[O-])cnc3c2CCC3)C1. The van der Waals surface area contributed by atoms with Crippen molar-refractivity contribution < 1.29 is 27.6 Å². The van der Waals surface area contributed by atoms with Crippen LogP contribution in [0.2, 0.25) is 0 Å². The van der Waals surface area contributed by atoms with Crippen LogP contribution < -0.4 is 10.2 Å². The Labute approximate surface area is 171 Å². The Morgan fingerprint density at radius 3 is 2.60 bits per heavy atom. The smallest absolute Gasteiger partial charge is 0.407 e. The number of fused-ring (bicyclic) bond motifs is 1. The first kappa shape index (κ1) is 22.1. The second kappa shape index (κ2) is 7.92. The molecule has 1 saturated heterocycles. The Kier molecular flexibility index (Phi) is 5.83. The van der Waals surface area contributed by atoms with E-state index in [9.17, 15) is 28.1 Å². The summed E-state index contributed by atoms with van der Waals surface area (Å²) in [4.78, 5) is 28.6. The van der Waals surface area contributed by atoms with Crippen LogP contribution in [0, 0.1) is 16.0 Å². The molecule has 0 saturated carbocycles. The zero-order valence-corrected chi connectivity index (χ0v) is 17.1. The summed E-state index contributed by atoms with van der Waals surface area (Å²) >= 11 is 0. The lowest BCUT2D eigenvalue weighted by Gasteiger charge is -2.40. The molecule has 1 amide bonds. The topological polar surface area (TPSA) is 97.6 Å². The molecule has 2 atom stereocenters. The van der Waals surface area contributed by atoms with Crippen LogP contribution in [0.1, 0.15) is 44.9 Å². The molecule has 30 heavy (non-hydrogen) atoms. The zero-order chi connectivity index (χ0) is 22.3. The van der Waals surface area contributed by atoms with E-state index < -0.39 is 41.3 Å². The molecule has 0 radical (unpaired) electrons. The molecule has 11 heteroatoms. The van der Waals surface area contributed by atoms with E-state index in [1.165, 1.54) is 4.90 Å². The van der Waals surface area contributed by atoms with E-state index in [-0.39, 0.29) is 24.3 Å². The third-order valence-electron chi connectivity index (χ3n) is 5.21. The van der Waals surface area contributed by atoms with Gasteiger partial charge in [-0.3, -0.25) is 15.1 Å². The number of ether oxygens (including phenoxy) is 1. The Hall–Kier alpha value is -2.59. The van der Waals surface area contributed by atoms with Gasteiger partial charge in [0, 0.05) is 24.3 Å². The number of hydrogen-bond donors (Lipinski definition) is 1. The van der Waals surface area contributed by atoms with Gasteiger partial charge in [0.2, 0.25) is 0 Å². The number of carbonyl (C=O) groups excluding carboxylic acids is 1. The lowest BCUT2D eigenvalue weighted by atomic mass is 9.92. The molecule has 0 bridgehead atoms. The van der Waals surface area contributed by atoms with E-state index in [0.29, 0.717) is 24.1 Å². The third kappa shape index (κ3) is 4.93. The van der Waals surface area contributed by atoms with Crippen LogP contribution in [-0.4, -0.2) is 46.9 Å². The van der Waals surface area contributed by atoms with E-state index in [1.54, 1.807) is 20.8 Å². The predicted octanol–water partition coefficient (Wildman–Crippen LogP) is 3.76. The average molecular weight is 430 g/mol. The van der Waals surface area contributed by atoms with Crippen LogP contribution in [-0.2, 0) is 17.6 Å². The normalized spacial score (nSPS) is 21.9. The molecular weight excluding hydrogens is 405 g/mol. The Morgan fingerprint density at radius 2 is 2.00 bits per heavy atom. The molecule has 1 aromatic heterocycles. The van der Waals surface area contributed by atoms with Crippen molar-refractivity contribution in [2.24, 2.45) is 5.92 Å². The van der Waals surface area contributed by atoms with Crippen molar-refractivity contribution in [3.8, 4) is 0 Å². The number of pyridine rings is 1. The number of hydrogen-bond acceptors (Lipinski definition) is 6. The summed E-state index contributed by atoms with van der Waals surface area (Å²) in [6, 6.07) is -0.870. The largest absolute Gasteiger partial charge is 0.444 e. The van der Waals surface area contributed by atoms with Gasteiger partial charge in [-0.05, 0) is 46.5 Å². The average Bonchev–Trinajstić information content (AvgIpc) is 3.06. The van der Waals surface area contributed by atoms with Crippen LogP contribution in [0.4, 0.5) is 29.3 Å². The summed E-state index contributed by atoms with van der Waals surface area (Å²) in [5.74, 6) is -1.74. The number of rotatable bonds is 3. The van der Waals surface area contributed by atoms with Crippen LogP contribution in [0.25, 0.3) is 0 Å². The number of carbonyl (C=O) groups is 1. The van der Waals surface area contributed by atoms with Gasteiger partial charge in [-0.2, -0.15) is 13.2 Å². The molecule has 1 aliphatic carbocycles. The number of nitrogens with zero attached hydrogens (tertiary/aromatic N) is 3. The van der Waals surface area contributed by atoms with Crippen molar-refractivity contribution in [3.05, 3.63) is 27.6 Å². The number of amides is 1. The third-order valence-corrected chi connectivity index (χ3v) is 5.21. The molecule has 2 unspecified atom stereocenters. The first-order valence-corrected chi connectivity index (χ1v) is 9.81. The quantitative estimate of drug-likeness (QED) is 0.579. The minimum absolute atomic E-state index is 0.0170. The molecular formula is C19H25F3N4O4. The molecule has 2 aliphatic rings. The maximum absolute atomic E-state index is 13.6. The van der Waals surface area contributed by atoms with Crippen molar-refractivity contribution in [2.75, 3.05) is 18.0 Å². The van der Waals surface area contributed by atoms with E-state index >= 15 is 0 Å². The van der Waals surface area contributed by atoms with Gasteiger partial charge < -0.3 is 15.0 Å². The zero-order valence-electron chi connectivity index (χ0n) is 17.1. The molecule has 2 heterocycles. The number of aromatic nitrogens is 1. The highest BCUT2D eigenvalue weighted by atomic mass is 19.4. The molecule has 1 aromatic rings. The van der Waals surface area contributed by atoms with Crippen LogP contribution in [0.15, 0.2) is 6.20 Å². The van der Waals surface area contributed by atoms with Gasteiger partial charge in [0.05, 0.1) is 16.9 Å². The molecule has 1 N–H and O–H groups in total. The molecule has 1 aliphatic heterocycles. The van der Waals surface area contributed by atoms with Crippen molar-refractivity contribution in [1.82, 2.24) is 10.3 Å². The second-order valence-electron chi connectivity index (χ2n) is 8.75. The summed E-state index contributed by atoms with van der Waals surface area (Å²) in [6.07, 6.45) is -2.62. The fourth-order valence-corrected chi connectivity index (χ4v) is 4.06. The Morgan fingerprint density at radius 1 is 1.30 bits per heavy atom. The Balaban J connectivity index is 1.93. The van der Waals surface area contributed by atoms with E-state index in [2.05, 4.69) is 10.3 Å². The summed E-state index contributed by atoms with van der Waals surface area (Å²) in [7, 11) is 0. The minimum Gasteiger partial charge on any atom is -0.444 e. The Bertz CT molecular complexity index is 838. The van der Waals surface area contributed by atoms with Gasteiger partial charge in [-0.1, -0.05) is 0 Å². The first-order chi connectivity index (χ1) is 13.8. The number of alkyl halides is 3. The molecule has 8 nitrogen and oxygen atoms in total. The lowest BCUT2D eigenvalue weighted by Crippen LogP contribution is -2.54. The maximum atomic E-state index is 13.6. The standard InChI is InChI=1S/C19H25F3N4O4/c1-18(2,3)30-17(27)24-12-7-11(19(20,21)22)9-25(10-12)16-13-5-4-6-14(13)23-8-15(16)26(28)29/h8,11-12H,4-7,9-10H2,1-3H3,(H,24,27). The molecule has 0 aromatic carbocycles. The summed E-state index contributed by atoms with van der Waals surface area (Å²) in [5, 5.41) is 14.1. The van der Waals surface area contributed by atoms with Gasteiger partial charge in [0.15, 0.2) is 0 Å². The number of nitro groups is 1. The number of aryl methyl sites for hydroxylation is 1. The van der Waals surface area contributed by atoms with Gasteiger partial charge in [-0.25, -0.2) is 4.79 Å². The summed E-state index contributed by atoms with van der Waals surface area (Å²) in [5.41, 5.74) is 0.387. The number of halogens is 3. The number of nitrogens with one attached hydrogen (secondary N) is 1. The predicted molar refractivity (Wildman–Crippen MR) is 102 cm³/mol. The summed E-state index contributed by atoms with van der Waals surface area (Å²) < 4.78 is 46.1. The highest BCUT2D eigenvalue weighted by molar-refractivity contribution is 5.71.